The van der Waals surface area contributed by atoms with E-state index in [1.807, 2.05) is 31.2 Å². The lowest BCUT2D eigenvalue weighted by atomic mass is 10.2. The summed E-state index contributed by atoms with van der Waals surface area (Å²) in [7, 11) is 1.64. The van der Waals surface area contributed by atoms with Crippen LogP contribution in [0, 0.1) is 6.92 Å². The Kier molecular flexibility index (Phi) is 2.77. The average Bonchev–Trinajstić information content (AvgIpc) is 2.29. The predicted molar refractivity (Wildman–Crippen MR) is 63.3 cm³/mol. The first-order valence-electron chi connectivity index (χ1n) is 5.05. The van der Waals surface area contributed by atoms with E-state index in [1.54, 1.807) is 30.0 Å². The highest BCUT2D eigenvalue weighted by molar-refractivity contribution is 5.43. The molecule has 1 heterocycles. The van der Waals surface area contributed by atoms with Crippen LogP contribution in [0.15, 0.2) is 47.4 Å². The van der Waals surface area contributed by atoms with E-state index >= 15 is 0 Å². The van der Waals surface area contributed by atoms with Crippen LogP contribution in [-0.4, -0.2) is 11.7 Å². The van der Waals surface area contributed by atoms with E-state index in [0.29, 0.717) is 0 Å². The van der Waals surface area contributed by atoms with E-state index in [-0.39, 0.29) is 5.56 Å². The van der Waals surface area contributed by atoms with Crippen LogP contribution < -0.4 is 10.3 Å². The molecule has 0 radical (unpaired) electrons. The molecule has 16 heavy (non-hydrogen) atoms. The van der Waals surface area contributed by atoms with E-state index in [0.717, 1.165) is 17.0 Å². The first-order valence-corrected chi connectivity index (χ1v) is 5.05. The fourth-order valence-electron chi connectivity index (χ4n) is 1.65. The van der Waals surface area contributed by atoms with Gasteiger partial charge in [-0.3, -0.25) is 9.36 Å². The average molecular weight is 215 g/mol. The molecule has 0 spiro atoms. The van der Waals surface area contributed by atoms with Crippen LogP contribution in [0.3, 0.4) is 0 Å². The summed E-state index contributed by atoms with van der Waals surface area (Å²) >= 11 is 0. The standard InChI is InChI=1S/C13H13NO2/c1-10-9-11(6-7-12(10)16-2)14-8-4-3-5-13(14)15/h3-9H,1-2H3. The fourth-order valence-corrected chi connectivity index (χ4v) is 1.65. The number of methoxy groups -OCH3 is 1. The van der Waals surface area contributed by atoms with Gasteiger partial charge < -0.3 is 4.74 Å². The molecule has 0 fully saturated rings. The molecule has 1 aromatic heterocycles. The molecule has 0 aliphatic rings. The number of aromatic nitrogens is 1. The topological polar surface area (TPSA) is 31.2 Å². The molecule has 2 rings (SSSR count). The van der Waals surface area contributed by atoms with Crippen LogP contribution in [0.4, 0.5) is 0 Å². The van der Waals surface area contributed by atoms with Crippen LogP contribution in [0.25, 0.3) is 5.69 Å². The lowest BCUT2D eigenvalue weighted by Crippen LogP contribution is -2.15. The monoisotopic (exact) mass is 215 g/mol. The van der Waals surface area contributed by atoms with Crippen LogP contribution in [-0.2, 0) is 0 Å². The van der Waals surface area contributed by atoms with Gasteiger partial charge in [-0.15, -0.1) is 0 Å². The maximum atomic E-state index is 11.6. The van der Waals surface area contributed by atoms with E-state index < -0.39 is 0 Å². The van der Waals surface area contributed by atoms with E-state index in [2.05, 4.69) is 0 Å². The Balaban J connectivity index is 2.54. The van der Waals surface area contributed by atoms with Crippen molar-refractivity contribution >= 4 is 0 Å². The Morgan fingerprint density at radius 1 is 1.19 bits per heavy atom. The largest absolute Gasteiger partial charge is 0.496 e. The van der Waals surface area contributed by atoms with Crippen LogP contribution >= 0.6 is 0 Å². The lowest BCUT2D eigenvalue weighted by molar-refractivity contribution is 0.411. The summed E-state index contributed by atoms with van der Waals surface area (Å²) in [6.07, 6.45) is 1.75. The first kappa shape index (κ1) is 10.5. The van der Waals surface area contributed by atoms with E-state index in [1.165, 1.54) is 0 Å². The van der Waals surface area contributed by atoms with Crippen LogP contribution in [0.5, 0.6) is 5.75 Å². The number of ether oxygens (including phenoxy) is 1. The van der Waals surface area contributed by atoms with Gasteiger partial charge in [-0.25, -0.2) is 0 Å². The maximum Gasteiger partial charge on any atom is 0.255 e. The third kappa shape index (κ3) is 1.84. The quantitative estimate of drug-likeness (QED) is 0.768. The normalized spacial score (nSPS) is 10.1. The first-order chi connectivity index (χ1) is 7.72. The molecule has 2 aromatic rings. The SMILES string of the molecule is COc1ccc(-n2ccccc2=O)cc1C. The van der Waals surface area contributed by atoms with Crippen molar-refractivity contribution in [2.45, 2.75) is 6.92 Å². The van der Waals surface area contributed by atoms with Crippen LogP contribution in [0.2, 0.25) is 0 Å². The third-order valence-electron chi connectivity index (χ3n) is 2.48. The summed E-state index contributed by atoms with van der Waals surface area (Å²) in [5.41, 5.74) is 1.83. The second kappa shape index (κ2) is 4.23. The highest BCUT2D eigenvalue weighted by atomic mass is 16.5. The summed E-state index contributed by atoms with van der Waals surface area (Å²) in [6, 6.07) is 10.8. The summed E-state index contributed by atoms with van der Waals surface area (Å²) in [6.45, 7) is 1.95. The van der Waals surface area contributed by atoms with Gasteiger partial charge in [0.1, 0.15) is 5.75 Å². The molecule has 1 aromatic carbocycles. The van der Waals surface area contributed by atoms with Crippen molar-refractivity contribution in [2.24, 2.45) is 0 Å². The lowest BCUT2D eigenvalue weighted by Gasteiger charge is -2.09. The molecular weight excluding hydrogens is 202 g/mol. The Labute approximate surface area is 93.9 Å². The Morgan fingerprint density at radius 2 is 2.00 bits per heavy atom. The number of pyridine rings is 1. The molecule has 0 N–H and O–H groups in total. The van der Waals surface area contributed by atoms with E-state index in [9.17, 15) is 4.79 Å². The van der Waals surface area contributed by atoms with E-state index in [4.69, 9.17) is 4.74 Å². The number of hydrogen-bond donors (Lipinski definition) is 0. The Hall–Kier alpha value is -2.03. The summed E-state index contributed by atoms with van der Waals surface area (Å²) in [5.74, 6) is 0.827. The number of hydrogen-bond acceptors (Lipinski definition) is 2. The van der Waals surface area contributed by atoms with Gasteiger partial charge in [0.25, 0.3) is 5.56 Å². The zero-order valence-electron chi connectivity index (χ0n) is 9.31. The molecule has 0 atom stereocenters. The predicted octanol–water partition coefficient (Wildman–Crippen LogP) is 2.15. The molecule has 0 bridgehead atoms. The van der Waals surface area contributed by atoms with Crippen molar-refractivity contribution in [3.05, 3.63) is 58.5 Å². The van der Waals surface area contributed by atoms with Gasteiger partial charge in [0, 0.05) is 18.0 Å². The molecule has 0 saturated heterocycles. The second-order valence-electron chi connectivity index (χ2n) is 3.56. The highest BCUT2D eigenvalue weighted by Gasteiger charge is 2.02. The van der Waals surface area contributed by atoms with Crippen molar-refractivity contribution in [3.63, 3.8) is 0 Å². The minimum absolute atomic E-state index is 0.0351. The maximum absolute atomic E-state index is 11.6. The van der Waals surface area contributed by atoms with Crippen LogP contribution in [0.1, 0.15) is 5.56 Å². The van der Waals surface area contributed by atoms with Crippen molar-refractivity contribution in [1.29, 1.82) is 0 Å². The number of nitrogens with zero attached hydrogens (tertiary/aromatic N) is 1. The molecule has 0 saturated carbocycles. The second-order valence-corrected chi connectivity index (χ2v) is 3.56. The number of rotatable bonds is 2. The third-order valence-corrected chi connectivity index (χ3v) is 2.48. The van der Waals surface area contributed by atoms with Crippen molar-refractivity contribution < 1.29 is 4.74 Å². The fraction of sp³-hybridized carbons (Fsp3) is 0.154. The van der Waals surface area contributed by atoms with Gasteiger partial charge >= 0.3 is 0 Å². The van der Waals surface area contributed by atoms with Crippen molar-refractivity contribution in [2.75, 3.05) is 7.11 Å². The molecule has 0 amide bonds. The van der Waals surface area contributed by atoms with Gasteiger partial charge in [0.15, 0.2) is 0 Å². The molecule has 0 aliphatic heterocycles. The summed E-state index contributed by atoms with van der Waals surface area (Å²) in [4.78, 5) is 11.6. The van der Waals surface area contributed by atoms with Gasteiger partial charge in [-0.2, -0.15) is 0 Å². The minimum atomic E-state index is -0.0351. The zero-order chi connectivity index (χ0) is 11.5. The molecule has 3 heteroatoms. The smallest absolute Gasteiger partial charge is 0.255 e. The zero-order valence-corrected chi connectivity index (χ0v) is 9.31. The molecule has 82 valence electrons. The summed E-state index contributed by atoms with van der Waals surface area (Å²) < 4.78 is 6.78. The molecule has 0 unspecified atom stereocenters. The van der Waals surface area contributed by atoms with Gasteiger partial charge in [-0.05, 0) is 36.8 Å². The molecule has 0 aliphatic carbocycles. The molecule has 3 nitrogen and oxygen atoms in total. The molecular formula is C13H13NO2. The Morgan fingerprint density at radius 3 is 2.62 bits per heavy atom. The van der Waals surface area contributed by atoms with Gasteiger partial charge in [0.05, 0.1) is 7.11 Å². The minimum Gasteiger partial charge on any atom is -0.496 e. The Bertz CT molecular complexity index is 558. The number of benzene rings is 1. The van der Waals surface area contributed by atoms with Crippen molar-refractivity contribution in [3.8, 4) is 11.4 Å². The highest BCUT2D eigenvalue weighted by Crippen LogP contribution is 2.19. The van der Waals surface area contributed by atoms with Crippen molar-refractivity contribution in [1.82, 2.24) is 4.57 Å². The van der Waals surface area contributed by atoms with Gasteiger partial charge in [-0.1, -0.05) is 6.07 Å². The van der Waals surface area contributed by atoms with Gasteiger partial charge in [0.2, 0.25) is 0 Å². The summed E-state index contributed by atoms with van der Waals surface area (Å²) in [5, 5.41) is 0. The number of aryl methyl sites for hydroxylation is 1.